The number of aromatic nitrogens is 2. The molecule has 11 heteroatoms. The monoisotopic (exact) mass is 502 g/mol. The number of anilines is 1. The number of benzene rings is 2. The molecule has 0 bridgehead atoms. The Morgan fingerprint density at radius 2 is 1.89 bits per heavy atom. The molecule has 0 unspecified atom stereocenters. The van der Waals surface area contributed by atoms with Crippen molar-refractivity contribution < 1.29 is 33.0 Å². The lowest BCUT2D eigenvalue weighted by Crippen LogP contribution is -2.30. The summed E-state index contributed by atoms with van der Waals surface area (Å²) in [7, 11) is 0. The quantitative estimate of drug-likeness (QED) is 0.452. The van der Waals surface area contributed by atoms with Gasteiger partial charge in [-0.05, 0) is 49.2 Å². The molecule has 0 saturated heterocycles. The van der Waals surface area contributed by atoms with Crippen molar-refractivity contribution in [3.63, 3.8) is 0 Å². The molecule has 1 aromatic heterocycles. The number of aromatic carboxylic acids is 1. The van der Waals surface area contributed by atoms with Crippen LogP contribution in [0.2, 0.25) is 0 Å². The zero-order valence-corrected chi connectivity index (χ0v) is 19.6. The van der Waals surface area contributed by atoms with Crippen molar-refractivity contribution in [2.75, 3.05) is 18.1 Å². The minimum Gasteiger partial charge on any atom is -0.478 e. The number of carboxylic acid groups (broad SMARTS) is 1. The van der Waals surface area contributed by atoms with Crippen LogP contribution in [0.3, 0.4) is 0 Å². The molecule has 4 rings (SSSR count). The van der Waals surface area contributed by atoms with Crippen molar-refractivity contribution in [1.82, 2.24) is 15.1 Å². The summed E-state index contributed by atoms with van der Waals surface area (Å²) < 4.78 is 41.1. The first-order valence-electron chi connectivity index (χ1n) is 11.2. The first-order valence-corrected chi connectivity index (χ1v) is 11.2. The van der Waals surface area contributed by atoms with Gasteiger partial charge < -0.3 is 20.4 Å². The van der Waals surface area contributed by atoms with Gasteiger partial charge in [0, 0.05) is 13.1 Å². The van der Waals surface area contributed by atoms with Crippen LogP contribution in [0.5, 0.6) is 0 Å². The van der Waals surface area contributed by atoms with Crippen LogP contribution in [0.1, 0.15) is 62.1 Å². The highest BCUT2D eigenvalue weighted by Crippen LogP contribution is 2.36. The molecule has 0 saturated carbocycles. The summed E-state index contributed by atoms with van der Waals surface area (Å²) in [5, 5.41) is 26.3. The standard InChI is InChI=1S/C25H25F3N4O4/c1-14(17-6-8-18(9-7-17)24(35)36)29-22(34)21-15(2)30-32-20(13-33)12-31(23(21)32)11-16-4-3-5-19(10-16)25(26,27)28/h3-10,14,20,33H,11-13H2,1-2H3,(H,29,34)(H,35,36)/t14-,20-/m0/s1. The van der Waals surface area contributed by atoms with E-state index in [-0.39, 0.29) is 30.8 Å². The van der Waals surface area contributed by atoms with Crippen LogP contribution in [0.15, 0.2) is 48.5 Å². The van der Waals surface area contributed by atoms with E-state index in [0.717, 1.165) is 12.1 Å². The second-order valence-electron chi connectivity index (χ2n) is 8.77. The van der Waals surface area contributed by atoms with Crippen molar-refractivity contribution >= 4 is 17.7 Å². The Balaban J connectivity index is 1.61. The van der Waals surface area contributed by atoms with Crippen LogP contribution in [0.25, 0.3) is 0 Å². The highest BCUT2D eigenvalue weighted by Gasteiger charge is 2.36. The van der Waals surface area contributed by atoms with E-state index >= 15 is 0 Å². The van der Waals surface area contributed by atoms with E-state index in [4.69, 9.17) is 5.11 Å². The lowest BCUT2D eigenvalue weighted by atomic mass is 10.1. The molecule has 0 fully saturated rings. The zero-order valence-electron chi connectivity index (χ0n) is 19.6. The molecular weight excluding hydrogens is 477 g/mol. The summed E-state index contributed by atoms with van der Waals surface area (Å²) in [5.74, 6) is -1.06. The maximum atomic E-state index is 13.3. The molecule has 3 N–H and O–H groups in total. The summed E-state index contributed by atoms with van der Waals surface area (Å²) in [6.07, 6.45) is -4.48. The summed E-state index contributed by atoms with van der Waals surface area (Å²) in [6, 6.07) is 10.2. The van der Waals surface area contributed by atoms with Gasteiger partial charge in [0.05, 0.1) is 35.5 Å². The first kappa shape index (κ1) is 25.2. The van der Waals surface area contributed by atoms with Crippen molar-refractivity contribution in [2.45, 2.75) is 38.7 Å². The third-order valence-electron chi connectivity index (χ3n) is 6.21. The molecule has 1 aliphatic rings. The molecule has 1 aliphatic heterocycles. The molecular formula is C25H25F3N4O4. The number of aryl methyl sites for hydroxylation is 1. The van der Waals surface area contributed by atoms with Gasteiger partial charge in [-0.25, -0.2) is 9.48 Å². The number of fused-ring (bicyclic) bond motifs is 1. The van der Waals surface area contributed by atoms with Gasteiger partial charge in [-0.15, -0.1) is 0 Å². The van der Waals surface area contributed by atoms with Gasteiger partial charge in [-0.1, -0.05) is 24.3 Å². The number of nitrogens with one attached hydrogen (secondary N) is 1. The van der Waals surface area contributed by atoms with Gasteiger partial charge in [0.25, 0.3) is 5.91 Å². The summed E-state index contributed by atoms with van der Waals surface area (Å²) in [5.41, 5.74) is 1.16. The Morgan fingerprint density at radius 3 is 2.50 bits per heavy atom. The van der Waals surface area contributed by atoms with Gasteiger partial charge in [0.2, 0.25) is 0 Å². The fourth-order valence-corrected chi connectivity index (χ4v) is 4.38. The maximum absolute atomic E-state index is 13.3. The third-order valence-corrected chi connectivity index (χ3v) is 6.21. The predicted molar refractivity (Wildman–Crippen MR) is 125 cm³/mol. The summed E-state index contributed by atoms with van der Waals surface area (Å²) >= 11 is 0. The fourth-order valence-electron chi connectivity index (χ4n) is 4.38. The van der Waals surface area contributed by atoms with Gasteiger partial charge in [0.1, 0.15) is 11.4 Å². The molecule has 1 amide bonds. The number of carboxylic acids is 1. The summed E-state index contributed by atoms with van der Waals surface area (Å²) in [4.78, 5) is 26.2. The molecule has 3 aromatic rings. The van der Waals surface area contributed by atoms with E-state index in [0.29, 0.717) is 22.6 Å². The Kier molecular flexibility index (Phi) is 6.77. The molecule has 2 heterocycles. The SMILES string of the molecule is Cc1nn2c(c1C(=O)N[C@@H](C)c1ccc(C(=O)O)cc1)N(Cc1cccc(C(F)(F)F)c1)C[C@H]2CO. The largest absolute Gasteiger partial charge is 0.478 e. The Hall–Kier alpha value is -3.86. The molecule has 0 aliphatic carbocycles. The number of rotatable bonds is 7. The second kappa shape index (κ2) is 9.65. The predicted octanol–water partition coefficient (Wildman–Crippen LogP) is 3.95. The Morgan fingerprint density at radius 1 is 1.19 bits per heavy atom. The lowest BCUT2D eigenvalue weighted by Gasteiger charge is -2.21. The van der Waals surface area contributed by atoms with Gasteiger partial charge in [0.15, 0.2) is 0 Å². The highest BCUT2D eigenvalue weighted by atomic mass is 19.4. The number of alkyl halides is 3. The van der Waals surface area contributed by atoms with Crippen molar-refractivity contribution in [3.05, 3.63) is 82.0 Å². The van der Waals surface area contributed by atoms with Crippen LogP contribution >= 0.6 is 0 Å². The Labute approximate surface area is 205 Å². The molecule has 0 spiro atoms. The average Bonchev–Trinajstić information content (AvgIpc) is 3.34. The number of aliphatic hydroxyl groups is 1. The van der Waals surface area contributed by atoms with E-state index in [9.17, 15) is 27.9 Å². The number of carbonyl (C=O) groups excluding carboxylic acids is 1. The second-order valence-corrected chi connectivity index (χ2v) is 8.77. The van der Waals surface area contributed by atoms with E-state index in [2.05, 4.69) is 10.4 Å². The first-order chi connectivity index (χ1) is 17.0. The fraction of sp³-hybridized carbons (Fsp3) is 0.320. The van der Waals surface area contributed by atoms with E-state index in [1.54, 1.807) is 41.6 Å². The van der Waals surface area contributed by atoms with Crippen LogP contribution < -0.4 is 10.2 Å². The molecule has 36 heavy (non-hydrogen) atoms. The van der Waals surface area contributed by atoms with Crippen molar-refractivity contribution in [2.24, 2.45) is 0 Å². The van der Waals surface area contributed by atoms with Crippen LogP contribution in [-0.4, -0.2) is 45.0 Å². The maximum Gasteiger partial charge on any atom is 0.416 e. The molecule has 8 nitrogen and oxygen atoms in total. The van der Waals surface area contributed by atoms with Gasteiger partial charge >= 0.3 is 12.1 Å². The lowest BCUT2D eigenvalue weighted by molar-refractivity contribution is -0.137. The van der Waals surface area contributed by atoms with Crippen LogP contribution in [-0.2, 0) is 12.7 Å². The van der Waals surface area contributed by atoms with Gasteiger partial charge in [-0.3, -0.25) is 4.79 Å². The third kappa shape index (κ3) is 4.92. The van der Waals surface area contributed by atoms with Crippen molar-refractivity contribution in [1.29, 1.82) is 0 Å². The number of hydrogen-bond acceptors (Lipinski definition) is 5. The van der Waals surface area contributed by atoms with Gasteiger partial charge in [-0.2, -0.15) is 18.3 Å². The summed E-state index contributed by atoms with van der Waals surface area (Å²) in [6.45, 7) is 3.54. The minimum absolute atomic E-state index is 0.0953. The van der Waals surface area contributed by atoms with Crippen LogP contribution in [0, 0.1) is 6.92 Å². The molecule has 0 radical (unpaired) electrons. The molecule has 2 aromatic carbocycles. The number of carbonyl (C=O) groups is 2. The number of halogens is 3. The Bertz CT molecular complexity index is 1290. The number of nitrogens with zero attached hydrogens (tertiary/aromatic N) is 3. The number of hydrogen-bond donors (Lipinski definition) is 3. The minimum atomic E-state index is -4.48. The van der Waals surface area contributed by atoms with E-state index < -0.39 is 35.7 Å². The number of amides is 1. The number of aliphatic hydroxyl groups excluding tert-OH is 1. The van der Waals surface area contributed by atoms with Crippen molar-refractivity contribution in [3.8, 4) is 0 Å². The highest BCUT2D eigenvalue weighted by molar-refractivity contribution is 6.00. The van der Waals surface area contributed by atoms with E-state index in [1.165, 1.54) is 18.2 Å². The average molecular weight is 502 g/mol. The smallest absolute Gasteiger partial charge is 0.416 e. The van der Waals surface area contributed by atoms with E-state index in [1.807, 2.05) is 0 Å². The molecule has 190 valence electrons. The molecule has 2 atom stereocenters. The van der Waals surface area contributed by atoms with Crippen LogP contribution in [0.4, 0.5) is 19.0 Å². The zero-order chi connectivity index (χ0) is 26.2. The normalized spacial score (nSPS) is 16.1. The topological polar surface area (TPSA) is 108 Å².